The van der Waals surface area contributed by atoms with Crippen LogP contribution in [0.25, 0.3) is 0 Å². The van der Waals surface area contributed by atoms with Crippen molar-refractivity contribution in [2.75, 3.05) is 18.5 Å². The minimum Gasteiger partial charge on any atom is -0.362 e. The molecular formula is C9H8BrF3N2O2. The number of pyridine rings is 1. The molecule has 4 nitrogen and oxygen atoms in total. The number of carbonyl (C=O) groups is 1. The summed E-state index contributed by atoms with van der Waals surface area (Å²) >= 11 is 3.16. The molecule has 0 atom stereocenters. The third-order valence-electron chi connectivity index (χ3n) is 1.49. The van der Waals surface area contributed by atoms with Crippen molar-refractivity contribution in [1.82, 2.24) is 4.98 Å². The Labute approximate surface area is 103 Å². The second kappa shape index (κ2) is 5.97. The Hall–Kier alpha value is -1.15. The Bertz CT molecular complexity index is 398. The molecule has 0 aliphatic carbocycles. The van der Waals surface area contributed by atoms with E-state index in [0.29, 0.717) is 4.47 Å². The van der Waals surface area contributed by atoms with Crippen LogP contribution < -0.4 is 5.32 Å². The second-order valence-corrected chi connectivity index (χ2v) is 3.93. The monoisotopic (exact) mass is 312 g/mol. The first kappa shape index (κ1) is 13.9. The number of rotatable bonds is 4. The maximum atomic E-state index is 11.7. The maximum Gasteiger partial charge on any atom is 0.411 e. The summed E-state index contributed by atoms with van der Waals surface area (Å²) in [4.78, 5) is 14.9. The van der Waals surface area contributed by atoms with Crippen LogP contribution in [0, 0.1) is 0 Å². The molecule has 0 radical (unpaired) electrons. The number of nitrogens with zero attached hydrogens (tertiary/aromatic N) is 1. The molecule has 1 N–H and O–H groups in total. The zero-order chi connectivity index (χ0) is 12.9. The summed E-state index contributed by atoms with van der Waals surface area (Å²) in [5, 5.41) is 2.30. The van der Waals surface area contributed by atoms with Crippen molar-refractivity contribution in [3.63, 3.8) is 0 Å². The molecule has 0 aromatic carbocycles. The number of amides is 1. The first-order valence-corrected chi connectivity index (χ1v) is 5.22. The first-order valence-electron chi connectivity index (χ1n) is 4.43. The van der Waals surface area contributed by atoms with Crippen LogP contribution in [0.4, 0.5) is 19.0 Å². The van der Waals surface area contributed by atoms with Gasteiger partial charge in [-0.15, -0.1) is 0 Å². The van der Waals surface area contributed by atoms with Gasteiger partial charge in [0.15, 0.2) is 0 Å². The van der Waals surface area contributed by atoms with Crippen molar-refractivity contribution in [3.8, 4) is 0 Å². The van der Waals surface area contributed by atoms with Gasteiger partial charge in [0.2, 0.25) is 0 Å². The molecule has 0 aliphatic rings. The fraction of sp³-hybridized carbons (Fsp3) is 0.333. The lowest BCUT2D eigenvalue weighted by Gasteiger charge is -2.07. The molecule has 1 rings (SSSR count). The summed E-state index contributed by atoms with van der Waals surface area (Å²) in [5.41, 5.74) is 0. The van der Waals surface area contributed by atoms with Crippen LogP contribution in [0.1, 0.15) is 0 Å². The number of hydrogen-bond donors (Lipinski definition) is 1. The van der Waals surface area contributed by atoms with Gasteiger partial charge in [0.1, 0.15) is 19.0 Å². The van der Waals surface area contributed by atoms with Crippen LogP contribution in [0.3, 0.4) is 0 Å². The Morgan fingerprint density at radius 3 is 2.82 bits per heavy atom. The molecule has 1 aromatic heterocycles. The number of carbonyl (C=O) groups excluding carboxylic acids is 1. The van der Waals surface area contributed by atoms with Gasteiger partial charge >= 0.3 is 6.18 Å². The van der Waals surface area contributed by atoms with Crippen molar-refractivity contribution in [1.29, 1.82) is 0 Å². The Morgan fingerprint density at radius 1 is 1.53 bits per heavy atom. The number of hydrogen-bond acceptors (Lipinski definition) is 3. The van der Waals surface area contributed by atoms with E-state index in [4.69, 9.17) is 0 Å². The number of ether oxygens (including phenoxy) is 1. The molecule has 1 amide bonds. The summed E-state index contributed by atoms with van der Waals surface area (Å²) in [6.45, 7) is -2.12. The van der Waals surface area contributed by atoms with Crippen molar-refractivity contribution < 1.29 is 22.7 Å². The second-order valence-electron chi connectivity index (χ2n) is 3.02. The van der Waals surface area contributed by atoms with Crippen LogP contribution in [-0.2, 0) is 9.53 Å². The molecule has 0 bridgehead atoms. The van der Waals surface area contributed by atoms with Crippen molar-refractivity contribution in [3.05, 3.63) is 22.8 Å². The number of aromatic nitrogens is 1. The van der Waals surface area contributed by atoms with Gasteiger partial charge in [0.25, 0.3) is 5.91 Å². The molecule has 0 saturated carbocycles. The van der Waals surface area contributed by atoms with Gasteiger partial charge in [-0.05, 0) is 12.1 Å². The van der Waals surface area contributed by atoms with Crippen LogP contribution >= 0.6 is 15.9 Å². The SMILES string of the molecule is O=C(COCC(F)(F)F)Nc1cc(Br)ccn1. The molecule has 0 aliphatic heterocycles. The summed E-state index contributed by atoms with van der Waals surface area (Å²) in [6.07, 6.45) is -3.00. The van der Waals surface area contributed by atoms with Crippen molar-refractivity contribution in [2.45, 2.75) is 6.18 Å². The molecule has 17 heavy (non-hydrogen) atoms. The summed E-state index contributed by atoms with van der Waals surface area (Å²) < 4.78 is 40.0. The Kier molecular flexibility index (Phi) is 4.88. The molecule has 0 spiro atoms. The fourth-order valence-corrected chi connectivity index (χ4v) is 1.25. The Morgan fingerprint density at radius 2 is 2.24 bits per heavy atom. The smallest absolute Gasteiger partial charge is 0.362 e. The van der Waals surface area contributed by atoms with E-state index >= 15 is 0 Å². The third kappa shape index (κ3) is 6.22. The number of anilines is 1. The van der Waals surface area contributed by atoms with Crippen LogP contribution in [-0.4, -0.2) is 30.3 Å². The topological polar surface area (TPSA) is 51.2 Å². The number of alkyl halides is 3. The molecule has 0 unspecified atom stereocenters. The predicted molar refractivity (Wildman–Crippen MR) is 57.4 cm³/mol. The molecule has 0 saturated heterocycles. The van der Waals surface area contributed by atoms with Gasteiger partial charge in [-0.1, -0.05) is 15.9 Å². The zero-order valence-electron chi connectivity index (χ0n) is 8.42. The minimum atomic E-state index is -4.44. The van der Waals surface area contributed by atoms with E-state index in [1.165, 1.54) is 12.3 Å². The summed E-state index contributed by atoms with van der Waals surface area (Å²) in [7, 11) is 0. The molecule has 8 heteroatoms. The summed E-state index contributed by atoms with van der Waals surface area (Å²) in [6, 6.07) is 3.16. The highest BCUT2D eigenvalue weighted by atomic mass is 79.9. The number of halogens is 4. The van der Waals surface area contributed by atoms with E-state index < -0.39 is 25.3 Å². The third-order valence-corrected chi connectivity index (χ3v) is 1.98. The lowest BCUT2D eigenvalue weighted by molar-refractivity contribution is -0.174. The molecule has 1 heterocycles. The highest BCUT2D eigenvalue weighted by Crippen LogP contribution is 2.15. The van der Waals surface area contributed by atoms with E-state index in [1.807, 2.05) is 0 Å². The quantitative estimate of drug-likeness (QED) is 0.928. The van der Waals surface area contributed by atoms with Crippen LogP contribution in [0.15, 0.2) is 22.8 Å². The lowest BCUT2D eigenvalue weighted by Crippen LogP contribution is -2.24. The first-order chi connectivity index (χ1) is 7.87. The largest absolute Gasteiger partial charge is 0.411 e. The van der Waals surface area contributed by atoms with Gasteiger partial charge in [-0.3, -0.25) is 4.79 Å². The van der Waals surface area contributed by atoms with E-state index in [2.05, 4.69) is 31.0 Å². The molecular weight excluding hydrogens is 305 g/mol. The van der Waals surface area contributed by atoms with Crippen LogP contribution in [0.5, 0.6) is 0 Å². The van der Waals surface area contributed by atoms with Gasteiger partial charge in [-0.2, -0.15) is 13.2 Å². The average Bonchev–Trinajstić information content (AvgIpc) is 2.15. The standard InChI is InChI=1S/C9H8BrF3N2O2/c10-6-1-2-14-7(3-6)15-8(16)4-17-5-9(11,12)13/h1-3H,4-5H2,(H,14,15,16). The van der Waals surface area contributed by atoms with E-state index in [0.717, 1.165) is 0 Å². The van der Waals surface area contributed by atoms with Gasteiger partial charge in [-0.25, -0.2) is 4.98 Å². The highest BCUT2D eigenvalue weighted by Gasteiger charge is 2.27. The summed E-state index contributed by atoms with van der Waals surface area (Å²) in [5.74, 6) is -0.458. The normalized spacial score (nSPS) is 11.3. The molecule has 94 valence electrons. The van der Waals surface area contributed by atoms with E-state index in [-0.39, 0.29) is 5.82 Å². The number of nitrogens with one attached hydrogen (secondary N) is 1. The van der Waals surface area contributed by atoms with Gasteiger partial charge in [0.05, 0.1) is 0 Å². The Balaban J connectivity index is 2.35. The van der Waals surface area contributed by atoms with Crippen molar-refractivity contribution in [2.24, 2.45) is 0 Å². The highest BCUT2D eigenvalue weighted by molar-refractivity contribution is 9.10. The fourth-order valence-electron chi connectivity index (χ4n) is 0.912. The van der Waals surface area contributed by atoms with Crippen LogP contribution in [0.2, 0.25) is 0 Å². The minimum absolute atomic E-state index is 0.236. The molecule has 0 fully saturated rings. The van der Waals surface area contributed by atoms with Crippen molar-refractivity contribution >= 4 is 27.7 Å². The lowest BCUT2D eigenvalue weighted by atomic mass is 10.4. The predicted octanol–water partition coefficient (Wildman–Crippen LogP) is 2.36. The maximum absolute atomic E-state index is 11.7. The van der Waals surface area contributed by atoms with E-state index in [1.54, 1.807) is 6.07 Å². The van der Waals surface area contributed by atoms with Gasteiger partial charge < -0.3 is 10.1 Å². The zero-order valence-corrected chi connectivity index (χ0v) is 10.0. The molecule has 1 aromatic rings. The van der Waals surface area contributed by atoms with Gasteiger partial charge in [0, 0.05) is 10.7 Å². The van der Waals surface area contributed by atoms with E-state index in [9.17, 15) is 18.0 Å². The average molecular weight is 313 g/mol.